The third-order valence-corrected chi connectivity index (χ3v) is 19.3. The van der Waals surface area contributed by atoms with Gasteiger partial charge in [0.15, 0.2) is 46.3 Å². The Morgan fingerprint density at radius 1 is 0.380 bits per heavy atom. The number of Topliss-reactive ketones (excluding diaryl/α,β-unsaturated/α-hetero) is 4. The Hall–Kier alpha value is -11.5. The zero-order valence-electron chi connectivity index (χ0n) is 62.9. The number of alkyl halides is 12. The molecule has 30 nitrogen and oxygen atoms in total. The van der Waals surface area contributed by atoms with E-state index in [-0.39, 0.29) is 46.5 Å². The number of benzene rings is 5. The summed E-state index contributed by atoms with van der Waals surface area (Å²) in [6.45, 7) is 15.1. The number of amides is 4. The molecule has 4 amide bonds. The molecular formula is C71H68F16N4O26S4. The highest BCUT2D eigenvalue weighted by Gasteiger charge is 2.59. The molecule has 0 aromatic heterocycles. The Balaban J connectivity index is 0.000000553. The summed E-state index contributed by atoms with van der Waals surface area (Å²) in [4.78, 5) is 125. The van der Waals surface area contributed by atoms with Crippen LogP contribution < -0.4 is 21.3 Å². The Morgan fingerprint density at radius 3 is 1.07 bits per heavy atom. The standard InChI is InChI=1S/C22H16F7NO7S.C17H20F2N2O6S.C17H19F2NO7S.C15H13F5O6S/c1-10(2)21(33)36-9-8-30-20(32)12-13(23)15(25)18(16(26)14(12)24)38(34,35)37-19(22(27,28)29)17(31)11-6-4-3-5-7-11;1-11(2)15(23)20-9-10-21-16(24)17(18,19)28(25,26)27-12(3)14(22)13-7-5-4-6-8-13;1-11(2)15(22)20-9-10-26-16(23)17(18,19)28(24,25)27-12(3)14(21)13-7-5-4-6-8-13;1-9(2)13(22)25-8-14(16,17)27(23,24)26-12(15(18,19)20)11(21)10-6-4-3-5-7-10/h3-7,19H,1,8-9H2,2H3,(H,30,32);4-8,12H,1,9-10H2,2-3H3,(H,20,23)(H,21,24);4-8,12H,1,9-10H2,2-3H3,(H,20,22);3-7,12H,1,8H2,2H3. The topological polar surface area (TPSA) is 437 Å². The van der Waals surface area contributed by atoms with Gasteiger partial charge in [-0.3, -0.25) is 46.7 Å². The molecule has 0 saturated carbocycles. The molecule has 4 atom stereocenters. The molecule has 0 spiro atoms. The van der Waals surface area contributed by atoms with Crippen LogP contribution in [0, 0.1) is 23.3 Å². The van der Waals surface area contributed by atoms with Gasteiger partial charge in [-0.2, -0.15) is 86.4 Å². The zero-order chi connectivity index (χ0) is 93.1. The number of nitrogens with one attached hydrogen (secondary N) is 4. The van der Waals surface area contributed by atoms with Crippen LogP contribution in [0.15, 0.2) is 175 Å². The fourth-order valence-corrected chi connectivity index (χ4v) is 11.6. The van der Waals surface area contributed by atoms with E-state index >= 15 is 0 Å². The highest BCUT2D eigenvalue weighted by Crippen LogP contribution is 2.36. The second-order valence-electron chi connectivity index (χ2n) is 23.9. The number of halogens is 16. The molecule has 5 aromatic carbocycles. The highest BCUT2D eigenvalue weighted by molar-refractivity contribution is 7.89. The molecule has 0 aliphatic heterocycles. The molecule has 0 fully saturated rings. The van der Waals surface area contributed by atoms with Crippen LogP contribution in [-0.4, -0.2) is 197 Å². The van der Waals surface area contributed by atoms with E-state index in [4.69, 9.17) is 0 Å². The first-order valence-electron chi connectivity index (χ1n) is 33.0. The summed E-state index contributed by atoms with van der Waals surface area (Å²) in [6.07, 6.45) is -22.5. The lowest BCUT2D eigenvalue weighted by Crippen LogP contribution is -2.49. The Kier molecular flexibility index (Phi) is 39.0. The average Bonchev–Trinajstić information content (AvgIpc) is 0.753. The minimum Gasteiger partial charge on any atom is -0.460 e. The van der Waals surface area contributed by atoms with Gasteiger partial charge in [0, 0.05) is 57.6 Å². The van der Waals surface area contributed by atoms with Gasteiger partial charge in [-0.05, 0) is 41.5 Å². The average molecular weight is 1830 g/mol. The number of esters is 3. The minimum absolute atomic E-state index is 0.0326. The van der Waals surface area contributed by atoms with Gasteiger partial charge in [0.25, 0.3) is 5.91 Å². The molecule has 0 radical (unpaired) electrons. The van der Waals surface area contributed by atoms with Gasteiger partial charge in [-0.15, -0.1) is 0 Å². The highest BCUT2D eigenvalue weighted by atomic mass is 32.2. The molecule has 5 aromatic rings. The predicted octanol–water partition coefficient (Wildman–Crippen LogP) is 8.91. The first-order valence-corrected chi connectivity index (χ1v) is 38.6. The monoisotopic (exact) mass is 1820 g/mol. The molecule has 0 saturated heterocycles. The normalized spacial score (nSPS) is 12.9. The van der Waals surface area contributed by atoms with Crippen molar-refractivity contribution in [1.82, 2.24) is 21.3 Å². The van der Waals surface area contributed by atoms with Crippen molar-refractivity contribution in [3.63, 3.8) is 0 Å². The molecule has 0 bridgehead atoms. The smallest absolute Gasteiger partial charge is 0.460 e. The number of rotatable bonds is 38. The summed E-state index contributed by atoms with van der Waals surface area (Å²) in [5.41, 5.74) is -3.24. The molecule has 4 unspecified atom stereocenters. The predicted molar refractivity (Wildman–Crippen MR) is 385 cm³/mol. The lowest BCUT2D eigenvalue weighted by atomic mass is 10.1. The number of hydrogen-bond acceptors (Lipinski definition) is 26. The third kappa shape index (κ3) is 30.6. The van der Waals surface area contributed by atoms with Gasteiger partial charge in [0.05, 0.1) is 13.1 Å². The summed E-state index contributed by atoms with van der Waals surface area (Å²) in [5, 5.41) is -7.13. The van der Waals surface area contributed by atoms with E-state index in [2.05, 4.69) is 67.9 Å². The summed E-state index contributed by atoms with van der Waals surface area (Å²) >= 11 is 0. The van der Waals surface area contributed by atoms with Crippen LogP contribution in [-0.2, 0) is 100 Å². The number of carbonyl (C=O) groups is 11. The van der Waals surface area contributed by atoms with Crippen LogP contribution >= 0.6 is 0 Å². The SMILES string of the molecule is C=C(C)C(=O)NCCNC(=O)C(F)(F)S(=O)(=O)OC(C)C(=O)c1ccccc1.C=C(C)C(=O)NCCOC(=O)C(F)(F)S(=O)(=O)OC(C)C(=O)c1ccccc1.C=C(C)C(=O)OCC(F)(F)S(=O)(=O)OC(C(=O)c1ccccc1)C(F)(F)F.C=C(C)C(=O)OCCNC(=O)c1c(F)c(F)c(S(=O)(=O)OC(C(=O)c2ccccc2)C(F)(F)F)c(F)c1F. The first kappa shape index (κ1) is 106. The number of ether oxygens (including phenoxy) is 3. The van der Waals surface area contributed by atoms with Crippen molar-refractivity contribution in [2.75, 3.05) is 46.0 Å². The van der Waals surface area contributed by atoms with Crippen LogP contribution in [0.1, 0.15) is 93.3 Å². The third-order valence-electron chi connectivity index (χ3n) is 14.0. The summed E-state index contributed by atoms with van der Waals surface area (Å²) in [6, 6.07) is 25.4. The maximum absolute atomic E-state index is 14.5. The molecule has 50 heteroatoms. The molecule has 0 aliphatic carbocycles. The van der Waals surface area contributed by atoms with Gasteiger partial charge >= 0.3 is 92.4 Å². The van der Waals surface area contributed by atoms with Gasteiger partial charge in [0.1, 0.15) is 31.0 Å². The molecule has 0 aliphatic rings. The van der Waals surface area contributed by atoms with Gasteiger partial charge < -0.3 is 35.5 Å². The van der Waals surface area contributed by atoms with Crippen LogP contribution in [0.4, 0.5) is 70.2 Å². The van der Waals surface area contributed by atoms with Crippen LogP contribution in [0.25, 0.3) is 0 Å². The number of ketones is 4. The summed E-state index contributed by atoms with van der Waals surface area (Å²) < 4.78 is 344. The molecule has 5 rings (SSSR count). The summed E-state index contributed by atoms with van der Waals surface area (Å²) in [7, 11) is -24.2. The number of hydrogen-bond donors (Lipinski definition) is 4. The van der Waals surface area contributed by atoms with Crippen molar-refractivity contribution in [1.29, 1.82) is 0 Å². The van der Waals surface area contributed by atoms with E-state index in [0.717, 1.165) is 57.2 Å². The van der Waals surface area contributed by atoms with Crippen molar-refractivity contribution >= 4 is 105 Å². The maximum atomic E-state index is 14.5. The summed E-state index contributed by atoms with van der Waals surface area (Å²) in [5.74, 6) is -26.2. The Bertz CT molecular complexity index is 4990. The molecule has 664 valence electrons. The Labute approximate surface area is 677 Å². The van der Waals surface area contributed by atoms with E-state index in [1.807, 2.05) is 0 Å². The fraction of sp³-hybridized carbons (Fsp3) is 0.310. The van der Waals surface area contributed by atoms with Crippen molar-refractivity contribution in [2.45, 2.75) is 99.0 Å². The van der Waals surface area contributed by atoms with Gasteiger partial charge in [-0.1, -0.05) is 148 Å². The van der Waals surface area contributed by atoms with Crippen molar-refractivity contribution in [3.8, 4) is 0 Å². The maximum Gasteiger partial charge on any atom is 0.466 e. The second kappa shape index (κ2) is 44.7. The van der Waals surface area contributed by atoms with Crippen LogP contribution in [0.2, 0.25) is 0 Å². The van der Waals surface area contributed by atoms with E-state index in [1.54, 1.807) is 22.8 Å². The molecule has 0 heterocycles. The lowest BCUT2D eigenvalue weighted by molar-refractivity contribution is -0.180. The van der Waals surface area contributed by atoms with E-state index in [1.165, 1.54) is 93.6 Å². The fourth-order valence-electron chi connectivity index (χ4n) is 7.90. The minimum atomic E-state index is -6.35. The molecule has 121 heavy (non-hydrogen) atoms. The molecule has 4 N–H and O–H groups in total. The number of carbonyl (C=O) groups excluding carboxylic acids is 11. The molecular weight excluding hydrogens is 1760 g/mol. The second-order valence-corrected chi connectivity index (χ2v) is 30.3. The van der Waals surface area contributed by atoms with Crippen LogP contribution in [0.5, 0.6) is 0 Å². The van der Waals surface area contributed by atoms with Crippen molar-refractivity contribution in [2.24, 2.45) is 0 Å². The van der Waals surface area contributed by atoms with E-state index in [9.17, 15) is 157 Å². The van der Waals surface area contributed by atoms with Gasteiger partial charge in [-0.25, -0.2) is 40.3 Å². The van der Waals surface area contributed by atoms with E-state index in [0.29, 0.717) is 0 Å². The van der Waals surface area contributed by atoms with E-state index < -0.39 is 235 Å². The van der Waals surface area contributed by atoms with Crippen molar-refractivity contribution < 1.29 is 188 Å². The van der Waals surface area contributed by atoms with Gasteiger partial charge in [0.2, 0.25) is 35.6 Å². The lowest BCUT2D eigenvalue weighted by Gasteiger charge is -2.22. The Morgan fingerprint density at radius 2 is 0.702 bits per heavy atom. The zero-order valence-corrected chi connectivity index (χ0v) is 66.2. The quantitative estimate of drug-likeness (QED) is 0.00418. The van der Waals surface area contributed by atoms with Crippen molar-refractivity contribution in [3.05, 3.63) is 221 Å². The first-order chi connectivity index (χ1) is 55.5. The van der Waals surface area contributed by atoms with Crippen LogP contribution in [0.3, 0.4) is 0 Å². The largest absolute Gasteiger partial charge is 0.466 e.